The van der Waals surface area contributed by atoms with Gasteiger partial charge in [0.25, 0.3) is 5.91 Å². The third kappa shape index (κ3) is 3.11. The summed E-state index contributed by atoms with van der Waals surface area (Å²) < 4.78 is 21.7. The van der Waals surface area contributed by atoms with Gasteiger partial charge in [0.2, 0.25) is 0 Å². The van der Waals surface area contributed by atoms with Crippen LogP contribution in [0.1, 0.15) is 11.1 Å². The molecule has 26 heavy (non-hydrogen) atoms. The fourth-order valence-corrected chi connectivity index (χ4v) is 2.93. The summed E-state index contributed by atoms with van der Waals surface area (Å²) in [5.41, 5.74) is 2.91. The lowest BCUT2D eigenvalue weighted by Crippen LogP contribution is -2.06. The van der Waals surface area contributed by atoms with E-state index in [4.69, 9.17) is 18.9 Å². The highest BCUT2D eigenvalue weighted by atomic mass is 16.6. The first-order valence-corrected chi connectivity index (χ1v) is 8.32. The van der Waals surface area contributed by atoms with Crippen molar-refractivity contribution in [1.29, 1.82) is 0 Å². The smallest absolute Gasteiger partial charge is 0.256 e. The zero-order valence-electron chi connectivity index (χ0n) is 14.6. The molecule has 1 atom stereocenters. The number of epoxide rings is 1. The number of methoxy groups -OCH3 is 2. The summed E-state index contributed by atoms with van der Waals surface area (Å²) in [6.45, 7) is 1.20. The number of hydrogen-bond acceptors (Lipinski definition) is 5. The van der Waals surface area contributed by atoms with Crippen LogP contribution in [-0.2, 0) is 9.53 Å². The molecular weight excluding hydrogens is 334 g/mol. The molecule has 0 bridgehead atoms. The van der Waals surface area contributed by atoms with Gasteiger partial charge >= 0.3 is 0 Å². The first-order valence-electron chi connectivity index (χ1n) is 8.32. The lowest BCUT2D eigenvalue weighted by Gasteiger charge is -2.10. The Morgan fingerprint density at radius 1 is 1.15 bits per heavy atom. The van der Waals surface area contributed by atoms with E-state index in [1.165, 1.54) is 0 Å². The van der Waals surface area contributed by atoms with E-state index in [0.29, 0.717) is 29.4 Å². The number of carbonyl (C=O) groups is 1. The number of hydrogen-bond donors (Lipinski definition) is 1. The standard InChI is InChI=1S/C20H19NO5/c1-23-16-7-6-12(9-18(16)24-2)8-14-19-15(21-20(14)22)4-3-5-17(19)26-11-13-10-25-13/h3-9,13H,10-11H2,1-2H3,(H,21,22)/b14-8-. The van der Waals surface area contributed by atoms with E-state index in [2.05, 4.69) is 5.32 Å². The van der Waals surface area contributed by atoms with Crippen molar-refractivity contribution >= 4 is 23.2 Å². The molecule has 0 aromatic heterocycles. The van der Waals surface area contributed by atoms with E-state index in [1.54, 1.807) is 14.2 Å². The molecule has 0 spiro atoms. The molecule has 2 aliphatic heterocycles. The van der Waals surface area contributed by atoms with Gasteiger partial charge in [-0.3, -0.25) is 4.79 Å². The molecule has 1 N–H and O–H groups in total. The fraction of sp³-hybridized carbons (Fsp3) is 0.250. The van der Waals surface area contributed by atoms with E-state index in [0.717, 1.165) is 23.4 Å². The van der Waals surface area contributed by atoms with Gasteiger partial charge in [-0.2, -0.15) is 0 Å². The topological polar surface area (TPSA) is 69.3 Å². The number of anilines is 1. The largest absolute Gasteiger partial charge is 0.493 e. The second kappa shape index (κ2) is 6.72. The van der Waals surface area contributed by atoms with Crippen LogP contribution in [0.25, 0.3) is 11.6 Å². The number of nitrogens with one attached hydrogen (secondary N) is 1. The fourth-order valence-electron chi connectivity index (χ4n) is 2.93. The van der Waals surface area contributed by atoms with Gasteiger partial charge in [-0.25, -0.2) is 0 Å². The lowest BCUT2D eigenvalue weighted by molar-refractivity contribution is -0.110. The monoisotopic (exact) mass is 353 g/mol. The maximum atomic E-state index is 12.5. The van der Waals surface area contributed by atoms with Gasteiger partial charge in [-0.05, 0) is 35.9 Å². The van der Waals surface area contributed by atoms with Gasteiger partial charge in [-0.15, -0.1) is 0 Å². The average Bonchev–Trinajstić information content (AvgIpc) is 3.43. The number of ether oxygens (including phenoxy) is 4. The highest BCUT2D eigenvalue weighted by Crippen LogP contribution is 2.40. The minimum atomic E-state index is -0.159. The minimum absolute atomic E-state index is 0.147. The van der Waals surface area contributed by atoms with Crippen LogP contribution in [-0.4, -0.2) is 39.4 Å². The molecule has 1 fully saturated rings. The molecule has 1 saturated heterocycles. The average molecular weight is 353 g/mol. The van der Waals surface area contributed by atoms with E-state index in [9.17, 15) is 4.79 Å². The Labute approximate surface area is 151 Å². The summed E-state index contributed by atoms with van der Waals surface area (Å²) in [7, 11) is 3.17. The number of rotatable bonds is 6. The molecular formula is C20H19NO5. The molecule has 1 unspecified atom stereocenters. The van der Waals surface area contributed by atoms with Crippen molar-refractivity contribution in [3.05, 3.63) is 47.5 Å². The zero-order chi connectivity index (χ0) is 18.1. The number of benzene rings is 2. The predicted molar refractivity (Wildman–Crippen MR) is 97.7 cm³/mol. The van der Waals surface area contributed by atoms with Gasteiger partial charge in [-0.1, -0.05) is 12.1 Å². The summed E-state index contributed by atoms with van der Waals surface area (Å²) in [6, 6.07) is 11.1. The maximum absolute atomic E-state index is 12.5. The van der Waals surface area contributed by atoms with Crippen LogP contribution in [0, 0.1) is 0 Å². The third-order valence-corrected chi connectivity index (χ3v) is 4.33. The molecule has 0 radical (unpaired) electrons. The molecule has 0 saturated carbocycles. The van der Waals surface area contributed by atoms with Crippen molar-refractivity contribution in [3.8, 4) is 17.2 Å². The lowest BCUT2D eigenvalue weighted by atomic mass is 10.0. The second-order valence-electron chi connectivity index (χ2n) is 6.07. The highest BCUT2D eigenvalue weighted by Gasteiger charge is 2.29. The molecule has 2 heterocycles. The molecule has 6 nitrogen and oxygen atoms in total. The molecule has 4 rings (SSSR count). The minimum Gasteiger partial charge on any atom is -0.493 e. The Kier molecular flexibility index (Phi) is 4.26. The second-order valence-corrected chi connectivity index (χ2v) is 6.07. The number of fused-ring (bicyclic) bond motifs is 1. The molecule has 2 aromatic carbocycles. The van der Waals surface area contributed by atoms with Crippen LogP contribution in [0.5, 0.6) is 17.2 Å². The Morgan fingerprint density at radius 3 is 2.69 bits per heavy atom. The van der Waals surface area contributed by atoms with Crippen LogP contribution in [0.4, 0.5) is 5.69 Å². The van der Waals surface area contributed by atoms with Crippen molar-refractivity contribution in [2.75, 3.05) is 32.8 Å². The van der Waals surface area contributed by atoms with Crippen LogP contribution in [0.15, 0.2) is 36.4 Å². The van der Waals surface area contributed by atoms with Crippen molar-refractivity contribution < 1.29 is 23.7 Å². The molecule has 2 aromatic rings. The Balaban J connectivity index is 1.71. The van der Waals surface area contributed by atoms with Crippen LogP contribution < -0.4 is 19.5 Å². The number of amides is 1. The Hall–Kier alpha value is -2.99. The van der Waals surface area contributed by atoms with Gasteiger partial charge in [0.1, 0.15) is 18.5 Å². The van der Waals surface area contributed by atoms with Gasteiger partial charge < -0.3 is 24.3 Å². The van der Waals surface area contributed by atoms with Crippen molar-refractivity contribution in [1.82, 2.24) is 0 Å². The Morgan fingerprint density at radius 2 is 1.96 bits per heavy atom. The zero-order valence-corrected chi connectivity index (χ0v) is 14.6. The van der Waals surface area contributed by atoms with Crippen LogP contribution >= 0.6 is 0 Å². The first kappa shape index (κ1) is 16.5. The molecule has 0 aliphatic carbocycles. The summed E-state index contributed by atoms with van der Waals surface area (Å²) in [4.78, 5) is 12.5. The summed E-state index contributed by atoms with van der Waals surface area (Å²) >= 11 is 0. The van der Waals surface area contributed by atoms with Gasteiger partial charge in [0.15, 0.2) is 11.5 Å². The quantitative estimate of drug-likeness (QED) is 0.639. The summed E-state index contributed by atoms with van der Waals surface area (Å²) in [5.74, 6) is 1.76. The third-order valence-electron chi connectivity index (χ3n) is 4.33. The van der Waals surface area contributed by atoms with Crippen LogP contribution in [0.2, 0.25) is 0 Å². The van der Waals surface area contributed by atoms with E-state index in [-0.39, 0.29) is 12.0 Å². The maximum Gasteiger partial charge on any atom is 0.256 e. The van der Waals surface area contributed by atoms with E-state index < -0.39 is 0 Å². The predicted octanol–water partition coefficient (Wildman–Crippen LogP) is 2.97. The van der Waals surface area contributed by atoms with Crippen molar-refractivity contribution in [2.45, 2.75) is 6.10 Å². The molecule has 2 aliphatic rings. The molecule has 1 amide bonds. The van der Waals surface area contributed by atoms with Crippen molar-refractivity contribution in [2.24, 2.45) is 0 Å². The first-order chi connectivity index (χ1) is 12.7. The van der Waals surface area contributed by atoms with E-state index in [1.807, 2.05) is 42.5 Å². The van der Waals surface area contributed by atoms with E-state index >= 15 is 0 Å². The number of carbonyl (C=O) groups excluding carboxylic acids is 1. The highest BCUT2D eigenvalue weighted by molar-refractivity contribution is 6.35. The summed E-state index contributed by atoms with van der Waals surface area (Å²) in [5, 5.41) is 2.89. The summed E-state index contributed by atoms with van der Waals surface area (Å²) in [6.07, 6.45) is 1.97. The normalized spacial score (nSPS) is 19.1. The van der Waals surface area contributed by atoms with Crippen molar-refractivity contribution in [3.63, 3.8) is 0 Å². The SMILES string of the molecule is COc1ccc(/C=C2\C(=O)Nc3cccc(OCC4CO4)c32)cc1OC. The molecule has 6 heteroatoms. The van der Waals surface area contributed by atoms with Gasteiger partial charge in [0.05, 0.1) is 37.7 Å². The van der Waals surface area contributed by atoms with Crippen LogP contribution in [0.3, 0.4) is 0 Å². The van der Waals surface area contributed by atoms with Gasteiger partial charge in [0, 0.05) is 0 Å². The Bertz CT molecular complexity index is 886. The molecule has 134 valence electrons.